The summed E-state index contributed by atoms with van der Waals surface area (Å²) in [5.41, 5.74) is 0. The van der Waals surface area contributed by atoms with Gasteiger partial charge in [0.15, 0.2) is 6.10 Å². The van der Waals surface area contributed by atoms with Crippen molar-refractivity contribution in [2.75, 3.05) is 13.2 Å². The molecule has 0 aliphatic rings. The topological polar surface area (TPSA) is 78.9 Å². The van der Waals surface area contributed by atoms with E-state index in [-0.39, 0.29) is 31.1 Å². The summed E-state index contributed by atoms with van der Waals surface area (Å²) < 4.78 is 16.9. The van der Waals surface area contributed by atoms with Crippen LogP contribution in [0.2, 0.25) is 0 Å². The van der Waals surface area contributed by atoms with Crippen LogP contribution in [0, 0.1) is 5.92 Å². The second kappa shape index (κ2) is 51.4. The molecule has 0 aromatic carbocycles. The fourth-order valence-corrected chi connectivity index (χ4v) is 8.75. The molecule has 6 heteroatoms. The van der Waals surface area contributed by atoms with Gasteiger partial charge in [0.25, 0.3) is 0 Å². The molecule has 0 aromatic heterocycles. The fourth-order valence-electron chi connectivity index (χ4n) is 8.75. The predicted molar refractivity (Wildman–Crippen MR) is 270 cm³/mol. The number of hydrogen-bond acceptors (Lipinski definition) is 6. The Morgan fingerprint density at radius 1 is 0.302 bits per heavy atom. The average molecular weight is 892 g/mol. The number of ether oxygens (including phenoxy) is 3. The van der Waals surface area contributed by atoms with Gasteiger partial charge in [-0.2, -0.15) is 0 Å². The maximum atomic E-state index is 12.8. The zero-order valence-electron chi connectivity index (χ0n) is 43.0. The maximum Gasteiger partial charge on any atom is 0.306 e. The Morgan fingerprint density at radius 2 is 0.524 bits per heavy atom. The van der Waals surface area contributed by atoms with Crippen molar-refractivity contribution in [3.63, 3.8) is 0 Å². The second-order valence-electron chi connectivity index (χ2n) is 20.1. The average Bonchev–Trinajstić information content (AvgIpc) is 3.27. The molecule has 0 amide bonds. The monoisotopic (exact) mass is 891 g/mol. The van der Waals surface area contributed by atoms with Gasteiger partial charge in [0.2, 0.25) is 0 Å². The van der Waals surface area contributed by atoms with Gasteiger partial charge in [-0.05, 0) is 25.2 Å². The van der Waals surface area contributed by atoms with Crippen molar-refractivity contribution in [1.82, 2.24) is 0 Å². The third kappa shape index (κ3) is 51.3. The van der Waals surface area contributed by atoms with Crippen molar-refractivity contribution >= 4 is 17.9 Å². The van der Waals surface area contributed by atoms with Crippen LogP contribution in [0.5, 0.6) is 0 Å². The SMILES string of the molecule is CCCCCCCCCCCCCCCCCCC(=O)OC[C@H](COC(=O)CCCCCCCCCCCCCCC(C)C)OC(=O)CCCCCCCCCCCCCCCC. The Bertz CT molecular complexity index is 949. The van der Waals surface area contributed by atoms with Crippen LogP contribution in [0.1, 0.15) is 323 Å². The Labute approximate surface area is 393 Å². The van der Waals surface area contributed by atoms with Gasteiger partial charge in [0.05, 0.1) is 0 Å². The molecule has 0 heterocycles. The van der Waals surface area contributed by atoms with E-state index in [0.29, 0.717) is 19.3 Å². The smallest absolute Gasteiger partial charge is 0.306 e. The second-order valence-corrected chi connectivity index (χ2v) is 20.1. The standard InChI is InChI=1S/C57H110O6/c1-5-7-9-11-13-15-17-19-21-22-24-28-32-36-40-44-48-55(58)61-51-54(63-57(60)50-46-42-38-34-30-23-20-18-16-14-12-10-8-6-2)52-62-56(59)49-45-41-37-33-29-26-25-27-31-35-39-43-47-53(3)4/h53-54H,5-52H2,1-4H3/t54-/m1/s1. The lowest BCUT2D eigenvalue weighted by Gasteiger charge is -2.18. The first kappa shape index (κ1) is 61.4. The summed E-state index contributed by atoms with van der Waals surface area (Å²) in [5, 5.41) is 0. The zero-order valence-corrected chi connectivity index (χ0v) is 43.0. The first-order valence-corrected chi connectivity index (χ1v) is 28.4. The predicted octanol–water partition coefficient (Wildman–Crippen LogP) is 18.6. The molecule has 1 atom stereocenters. The number of carbonyl (C=O) groups is 3. The van der Waals surface area contributed by atoms with Gasteiger partial charge in [-0.25, -0.2) is 0 Å². The van der Waals surface area contributed by atoms with Gasteiger partial charge in [-0.3, -0.25) is 14.4 Å². The molecule has 0 bridgehead atoms. The van der Waals surface area contributed by atoms with Crippen LogP contribution in [0.3, 0.4) is 0 Å². The quantitative estimate of drug-likeness (QED) is 0.0344. The van der Waals surface area contributed by atoms with Crippen molar-refractivity contribution in [1.29, 1.82) is 0 Å². The van der Waals surface area contributed by atoms with Gasteiger partial charge in [0.1, 0.15) is 13.2 Å². The summed E-state index contributed by atoms with van der Waals surface area (Å²) in [5.74, 6) is -0.00255. The Balaban J connectivity index is 4.30. The van der Waals surface area contributed by atoms with E-state index in [1.54, 1.807) is 0 Å². The van der Waals surface area contributed by atoms with Gasteiger partial charge in [-0.15, -0.1) is 0 Å². The van der Waals surface area contributed by atoms with Crippen molar-refractivity contribution in [2.24, 2.45) is 5.92 Å². The molecule has 6 nitrogen and oxygen atoms in total. The third-order valence-electron chi connectivity index (χ3n) is 13.0. The van der Waals surface area contributed by atoms with E-state index in [1.807, 2.05) is 0 Å². The van der Waals surface area contributed by atoms with E-state index in [9.17, 15) is 14.4 Å². The van der Waals surface area contributed by atoms with Gasteiger partial charge >= 0.3 is 17.9 Å². The Kier molecular flexibility index (Phi) is 50.1. The third-order valence-corrected chi connectivity index (χ3v) is 13.0. The number of unbranched alkanes of at least 4 members (excludes halogenated alkanes) is 39. The molecule has 63 heavy (non-hydrogen) atoms. The lowest BCUT2D eigenvalue weighted by molar-refractivity contribution is -0.167. The Hall–Kier alpha value is -1.59. The van der Waals surface area contributed by atoms with E-state index >= 15 is 0 Å². The van der Waals surface area contributed by atoms with Crippen LogP contribution in [0.4, 0.5) is 0 Å². The van der Waals surface area contributed by atoms with Crippen LogP contribution >= 0.6 is 0 Å². The van der Waals surface area contributed by atoms with E-state index in [2.05, 4.69) is 27.7 Å². The van der Waals surface area contributed by atoms with Crippen molar-refractivity contribution in [2.45, 2.75) is 329 Å². The first-order chi connectivity index (χ1) is 30.9. The van der Waals surface area contributed by atoms with Gasteiger partial charge in [0, 0.05) is 19.3 Å². The molecule has 0 aliphatic carbocycles. The van der Waals surface area contributed by atoms with Gasteiger partial charge in [-0.1, -0.05) is 285 Å². The number of esters is 3. The molecular weight excluding hydrogens is 781 g/mol. The molecule has 0 unspecified atom stereocenters. The molecule has 0 aliphatic heterocycles. The number of rotatable bonds is 52. The summed E-state index contributed by atoms with van der Waals surface area (Å²) in [7, 11) is 0. The number of hydrogen-bond donors (Lipinski definition) is 0. The van der Waals surface area contributed by atoms with Crippen molar-refractivity contribution in [3.05, 3.63) is 0 Å². The highest BCUT2D eigenvalue weighted by Gasteiger charge is 2.19. The summed E-state index contributed by atoms with van der Waals surface area (Å²) in [6, 6.07) is 0. The van der Waals surface area contributed by atoms with E-state index in [1.165, 1.54) is 218 Å². The molecular formula is C57H110O6. The summed E-state index contributed by atoms with van der Waals surface area (Å²) >= 11 is 0. The molecule has 0 aromatic rings. The maximum absolute atomic E-state index is 12.8. The summed E-state index contributed by atoms with van der Waals surface area (Å²) in [6.07, 6.45) is 55.1. The zero-order chi connectivity index (χ0) is 45.9. The molecule has 0 saturated heterocycles. The molecule has 0 fully saturated rings. The van der Waals surface area contributed by atoms with Crippen LogP contribution < -0.4 is 0 Å². The molecule has 0 saturated carbocycles. The highest BCUT2D eigenvalue weighted by atomic mass is 16.6. The van der Waals surface area contributed by atoms with E-state index < -0.39 is 6.10 Å². The molecule has 0 radical (unpaired) electrons. The van der Waals surface area contributed by atoms with E-state index in [4.69, 9.17) is 14.2 Å². The first-order valence-electron chi connectivity index (χ1n) is 28.4. The van der Waals surface area contributed by atoms with Crippen molar-refractivity contribution < 1.29 is 28.6 Å². The summed E-state index contributed by atoms with van der Waals surface area (Å²) in [6.45, 7) is 9.05. The fraction of sp³-hybridized carbons (Fsp3) is 0.947. The summed E-state index contributed by atoms with van der Waals surface area (Å²) in [4.78, 5) is 38.1. The number of carbonyl (C=O) groups excluding carboxylic acids is 3. The minimum absolute atomic E-state index is 0.0619. The Morgan fingerprint density at radius 3 is 0.778 bits per heavy atom. The lowest BCUT2D eigenvalue weighted by atomic mass is 10.0. The molecule has 0 N–H and O–H groups in total. The van der Waals surface area contributed by atoms with Crippen LogP contribution in [-0.4, -0.2) is 37.2 Å². The van der Waals surface area contributed by atoms with E-state index in [0.717, 1.165) is 63.7 Å². The highest BCUT2D eigenvalue weighted by molar-refractivity contribution is 5.71. The largest absolute Gasteiger partial charge is 0.462 e. The van der Waals surface area contributed by atoms with Crippen LogP contribution in [-0.2, 0) is 28.6 Å². The van der Waals surface area contributed by atoms with Crippen LogP contribution in [0.15, 0.2) is 0 Å². The highest BCUT2D eigenvalue weighted by Crippen LogP contribution is 2.18. The minimum atomic E-state index is -0.761. The normalized spacial score (nSPS) is 12.0. The van der Waals surface area contributed by atoms with Crippen LogP contribution in [0.25, 0.3) is 0 Å². The lowest BCUT2D eigenvalue weighted by Crippen LogP contribution is -2.30. The molecule has 0 spiro atoms. The minimum Gasteiger partial charge on any atom is -0.462 e. The van der Waals surface area contributed by atoms with Crippen molar-refractivity contribution in [3.8, 4) is 0 Å². The van der Waals surface area contributed by atoms with Gasteiger partial charge < -0.3 is 14.2 Å². The molecule has 374 valence electrons. The molecule has 0 rings (SSSR count).